The van der Waals surface area contributed by atoms with Crippen LogP contribution in [0.2, 0.25) is 0 Å². The van der Waals surface area contributed by atoms with Crippen LogP contribution in [0.1, 0.15) is 77.1 Å². The second-order valence-electron chi connectivity index (χ2n) is 15.5. The standard InChI is InChI=1S/C41H49N9O7/c1-22(2)33(47-40(53)56-6)38(51)49-17-7-9-30(49)35-42-20-28(44-35)24-11-13-25(14-12-24)37-46-27-19-26(15-16-32(27)57-37)29-21-43-36(45-29)31-10-8-18-50(31)39(52)34(23(3)4)48(5)41(54)55/h11-16,19-23,30-31,33-34H,7-10,17-18H2,1-6H3,(H,42,44)(H,43,45)(H,47,53)(H,54,55)/t30-,31-,33-,34-/m0/s1. The summed E-state index contributed by atoms with van der Waals surface area (Å²) in [6, 6.07) is 11.5. The number of likely N-dealkylation sites (tertiary alicyclic amines) is 2. The van der Waals surface area contributed by atoms with Crippen LogP contribution in [0, 0.1) is 11.8 Å². The van der Waals surface area contributed by atoms with E-state index in [9.17, 15) is 24.3 Å². The average molecular weight is 780 g/mol. The van der Waals surface area contributed by atoms with Gasteiger partial charge in [0.25, 0.3) is 0 Å². The molecule has 2 aliphatic rings. The van der Waals surface area contributed by atoms with E-state index < -0.39 is 24.3 Å². The number of likely N-dealkylation sites (N-methyl/N-ethyl adjacent to an activating group) is 1. The number of methoxy groups -OCH3 is 1. The molecule has 2 aromatic carbocycles. The molecule has 0 unspecified atom stereocenters. The maximum Gasteiger partial charge on any atom is 0.407 e. The number of carbonyl (C=O) groups excluding carboxylic acids is 3. The lowest BCUT2D eigenvalue weighted by Crippen LogP contribution is -2.51. The molecule has 3 aromatic heterocycles. The molecule has 2 saturated heterocycles. The first-order valence-corrected chi connectivity index (χ1v) is 19.4. The van der Waals surface area contributed by atoms with Crippen LogP contribution in [0.4, 0.5) is 9.59 Å². The predicted octanol–water partition coefficient (Wildman–Crippen LogP) is 6.62. The van der Waals surface area contributed by atoms with Gasteiger partial charge in [-0.25, -0.2) is 24.5 Å². The Morgan fingerprint density at radius 2 is 1.40 bits per heavy atom. The Bertz CT molecular complexity index is 2260. The minimum Gasteiger partial charge on any atom is -0.465 e. The van der Waals surface area contributed by atoms with Crippen LogP contribution in [-0.4, -0.2) is 108 Å². The average Bonchev–Trinajstić information content (AvgIpc) is 4.05. The molecule has 16 nitrogen and oxygen atoms in total. The van der Waals surface area contributed by atoms with Gasteiger partial charge in [0.05, 0.1) is 43.0 Å². The van der Waals surface area contributed by atoms with Gasteiger partial charge in [-0.3, -0.25) is 14.5 Å². The zero-order chi connectivity index (χ0) is 40.5. The summed E-state index contributed by atoms with van der Waals surface area (Å²) in [5.74, 6) is 1.13. The summed E-state index contributed by atoms with van der Waals surface area (Å²) >= 11 is 0. The van der Waals surface area contributed by atoms with Crippen LogP contribution < -0.4 is 5.32 Å². The van der Waals surface area contributed by atoms with Crippen LogP contribution >= 0.6 is 0 Å². The Morgan fingerprint density at radius 1 is 0.842 bits per heavy atom. The highest BCUT2D eigenvalue weighted by atomic mass is 16.5. The molecule has 5 heterocycles. The molecule has 57 heavy (non-hydrogen) atoms. The van der Waals surface area contributed by atoms with Gasteiger partial charge in [0, 0.05) is 31.3 Å². The van der Waals surface area contributed by atoms with E-state index in [0.717, 1.165) is 58.7 Å². The molecule has 2 fully saturated rings. The number of nitrogens with one attached hydrogen (secondary N) is 3. The van der Waals surface area contributed by atoms with Crippen LogP contribution in [0.5, 0.6) is 0 Å². The number of fused-ring (bicyclic) bond motifs is 1. The molecule has 300 valence electrons. The molecule has 0 radical (unpaired) electrons. The van der Waals surface area contributed by atoms with Crippen molar-refractivity contribution in [2.24, 2.45) is 11.8 Å². The quantitative estimate of drug-likeness (QED) is 0.113. The topological polar surface area (TPSA) is 203 Å². The Kier molecular flexibility index (Phi) is 11.0. The number of hydrogen-bond donors (Lipinski definition) is 4. The number of imidazole rings is 2. The summed E-state index contributed by atoms with van der Waals surface area (Å²) in [7, 11) is 2.72. The van der Waals surface area contributed by atoms with Gasteiger partial charge in [-0.2, -0.15) is 0 Å². The Hall–Kier alpha value is -6.19. The molecule has 16 heteroatoms. The number of carbonyl (C=O) groups is 4. The van der Waals surface area contributed by atoms with E-state index in [2.05, 4.69) is 25.3 Å². The molecule has 7 rings (SSSR count). The highest BCUT2D eigenvalue weighted by molar-refractivity contribution is 5.87. The number of H-pyrrole nitrogens is 2. The molecular weight excluding hydrogens is 731 g/mol. The molecule has 4 atom stereocenters. The highest BCUT2D eigenvalue weighted by Gasteiger charge is 2.40. The SMILES string of the molecule is COC(=O)N[C@H](C(=O)N1CCC[C@H]1c1ncc(-c2ccc(-c3nc4cc(-c5cnc([C@@H]6CCCN6C(=O)[C@H](C(C)C)N(C)C(=O)O)[nH]5)ccc4o3)cc2)[nH]1)C(C)C. The summed E-state index contributed by atoms with van der Waals surface area (Å²) < 4.78 is 10.9. The minimum absolute atomic E-state index is 0.120. The molecule has 0 saturated carbocycles. The second-order valence-corrected chi connectivity index (χ2v) is 15.5. The van der Waals surface area contributed by atoms with E-state index in [-0.39, 0.29) is 35.7 Å². The first-order chi connectivity index (χ1) is 27.3. The second kappa shape index (κ2) is 16.1. The number of amides is 4. The fraction of sp³-hybridized carbons (Fsp3) is 0.439. The summed E-state index contributed by atoms with van der Waals surface area (Å²) in [6.45, 7) is 8.59. The van der Waals surface area contributed by atoms with Gasteiger partial charge in [-0.05, 0) is 73.4 Å². The molecule has 4 N–H and O–H groups in total. The maximum atomic E-state index is 13.6. The lowest BCUT2D eigenvalue weighted by Gasteiger charge is -2.33. The number of aromatic amines is 2. The van der Waals surface area contributed by atoms with Gasteiger partial charge in [0.15, 0.2) is 5.58 Å². The van der Waals surface area contributed by atoms with Crippen molar-refractivity contribution in [1.29, 1.82) is 0 Å². The summed E-state index contributed by atoms with van der Waals surface area (Å²) in [5, 5.41) is 12.3. The molecular formula is C41H49N9O7. The number of oxazole rings is 1. The van der Waals surface area contributed by atoms with E-state index in [1.807, 2.05) is 70.2 Å². The third kappa shape index (κ3) is 7.80. The third-order valence-corrected chi connectivity index (χ3v) is 11.0. The highest BCUT2D eigenvalue weighted by Crippen LogP contribution is 2.36. The fourth-order valence-corrected chi connectivity index (χ4v) is 8.01. The van der Waals surface area contributed by atoms with Crippen LogP contribution in [0.15, 0.2) is 59.3 Å². The van der Waals surface area contributed by atoms with Crippen LogP contribution in [-0.2, 0) is 14.3 Å². The summed E-state index contributed by atoms with van der Waals surface area (Å²) in [4.78, 5) is 76.4. The van der Waals surface area contributed by atoms with E-state index in [0.29, 0.717) is 41.7 Å². The van der Waals surface area contributed by atoms with Gasteiger partial charge in [0.1, 0.15) is 29.2 Å². The van der Waals surface area contributed by atoms with Crippen molar-refractivity contribution in [2.45, 2.75) is 77.5 Å². The zero-order valence-electron chi connectivity index (χ0n) is 33.0. The number of carboxylic acid groups (broad SMARTS) is 1. The van der Waals surface area contributed by atoms with Gasteiger partial charge in [-0.15, -0.1) is 0 Å². The van der Waals surface area contributed by atoms with Crippen molar-refractivity contribution in [3.05, 3.63) is 66.5 Å². The first-order valence-electron chi connectivity index (χ1n) is 19.4. The molecule has 2 aliphatic heterocycles. The van der Waals surface area contributed by atoms with Crippen molar-refractivity contribution < 1.29 is 33.4 Å². The van der Waals surface area contributed by atoms with Crippen molar-refractivity contribution in [3.8, 4) is 34.0 Å². The van der Waals surface area contributed by atoms with E-state index in [1.54, 1.807) is 22.2 Å². The maximum absolute atomic E-state index is 13.6. The van der Waals surface area contributed by atoms with Crippen LogP contribution in [0.25, 0.3) is 45.1 Å². The summed E-state index contributed by atoms with van der Waals surface area (Å²) in [6.07, 6.45) is 4.84. The van der Waals surface area contributed by atoms with Gasteiger partial charge in [0.2, 0.25) is 17.7 Å². The van der Waals surface area contributed by atoms with Gasteiger partial charge in [-0.1, -0.05) is 39.8 Å². The summed E-state index contributed by atoms with van der Waals surface area (Å²) in [5.41, 5.74) is 5.44. The number of rotatable bonds is 11. The number of aromatic nitrogens is 5. The van der Waals surface area contributed by atoms with Gasteiger partial charge < -0.3 is 39.3 Å². The van der Waals surface area contributed by atoms with E-state index >= 15 is 0 Å². The smallest absolute Gasteiger partial charge is 0.407 e. The third-order valence-electron chi connectivity index (χ3n) is 11.0. The minimum atomic E-state index is -1.14. The molecule has 0 bridgehead atoms. The number of hydrogen-bond acceptors (Lipinski definition) is 9. The number of nitrogens with zero attached hydrogens (tertiary/aromatic N) is 6. The van der Waals surface area contributed by atoms with E-state index in [4.69, 9.17) is 14.1 Å². The van der Waals surface area contributed by atoms with Gasteiger partial charge >= 0.3 is 12.2 Å². The van der Waals surface area contributed by atoms with Crippen LogP contribution in [0.3, 0.4) is 0 Å². The molecule has 0 spiro atoms. The fourth-order valence-electron chi connectivity index (χ4n) is 8.01. The van der Waals surface area contributed by atoms with Crippen molar-refractivity contribution in [1.82, 2.24) is 44.9 Å². The lowest BCUT2D eigenvalue weighted by molar-refractivity contribution is -0.138. The normalized spacial score (nSPS) is 18.0. The lowest BCUT2D eigenvalue weighted by atomic mass is 10.0. The first kappa shape index (κ1) is 39.1. The Labute approximate surface area is 330 Å². The predicted molar refractivity (Wildman–Crippen MR) is 211 cm³/mol. The Balaban J connectivity index is 1.04. The Morgan fingerprint density at radius 3 is 1.96 bits per heavy atom. The van der Waals surface area contributed by atoms with E-state index in [1.165, 1.54) is 14.2 Å². The molecule has 4 amide bonds. The molecule has 5 aromatic rings. The number of alkyl carbamates (subject to hydrolysis) is 1. The largest absolute Gasteiger partial charge is 0.465 e. The number of ether oxygens (including phenoxy) is 1. The monoisotopic (exact) mass is 779 g/mol. The van der Waals surface area contributed by atoms with Crippen molar-refractivity contribution in [3.63, 3.8) is 0 Å². The number of benzene rings is 2. The van der Waals surface area contributed by atoms with Crippen molar-refractivity contribution in [2.75, 3.05) is 27.2 Å². The van der Waals surface area contributed by atoms with Crippen molar-refractivity contribution >= 4 is 35.1 Å². The molecule has 0 aliphatic carbocycles. The zero-order valence-corrected chi connectivity index (χ0v) is 33.0.